The SMILES string of the molecule is COc1cccc2c(/C=C\C3CCC4(CC3)CN(C3=COC=C(C5=CC=CCC5)O3)C(=O)O4)ccnc12. The zero-order chi connectivity index (χ0) is 25.2. The van der Waals surface area contributed by atoms with Crippen LogP contribution in [0.3, 0.4) is 0 Å². The van der Waals surface area contributed by atoms with E-state index in [2.05, 4.69) is 29.3 Å². The predicted octanol–water partition coefficient (Wildman–Crippen LogP) is 6.60. The largest absolute Gasteiger partial charge is 0.494 e. The van der Waals surface area contributed by atoms with Gasteiger partial charge < -0.3 is 18.9 Å². The summed E-state index contributed by atoms with van der Waals surface area (Å²) in [5, 5.41) is 1.07. The Balaban J connectivity index is 1.10. The number of methoxy groups -OCH3 is 1. The van der Waals surface area contributed by atoms with Gasteiger partial charge in [0, 0.05) is 11.6 Å². The van der Waals surface area contributed by atoms with Crippen LogP contribution in [-0.4, -0.2) is 35.2 Å². The molecule has 3 heterocycles. The number of aromatic nitrogens is 1. The molecule has 2 fully saturated rings. The second-order valence-corrected chi connectivity index (χ2v) is 9.93. The number of para-hydroxylation sites is 1. The van der Waals surface area contributed by atoms with Gasteiger partial charge in [-0.15, -0.1) is 0 Å². The van der Waals surface area contributed by atoms with Crippen LogP contribution in [0.5, 0.6) is 5.75 Å². The maximum atomic E-state index is 12.9. The zero-order valence-corrected chi connectivity index (χ0v) is 20.9. The van der Waals surface area contributed by atoms with E-state index in [4.69, 9.17) is 18.9 Å². The lowest BCUT2D eigenvalue weighted by molar-refractivity contribution is 0.0183. The average Bonchev–Trinajstić information content (AvgIpc) is 3.28. The standard InChI is InChI=1S/C30H30N2O5/c1-34-25-9-5-8-24-22(14-17-31-28(24)25)11-10-21-12-15-30(16-13-21)20-32(29(33)37-30)27-19-35-18-26(36-27)23-6-3-2-4-7-23/h2-3,5-6,8-11,14,17-19,21H,4,7,12-13,15-16,20H2,1H3/b11-10-. The number of fused-ring (bicyclic) bond motifs is 1. The third kappa shape index (κ3) is 4.61. The molecule has 0 bridgehead atoms. The second-order valence-electron chi connectivity index (χ2n) is 9.93. The number of benzene rings is 1. The first kappa shape index (κ1) is 23.4. The van der Waals surface area contributed by atoms with Gasteiger partial charge in [-0.2, -0.15) is 0 Å². The summed E-state index contributed by atoms with van der Waals surface area (Å²) < 4.78 is 23.0. The van der Waals surface area contributed by atoms with Crippen molar-refractivity contribution >= 4 is 23.1 Å². The normalized spacial score (nSPS) is 25.4. The fraction of sp³-hybridized carbons (Fsp3) is 0.333. The summed E-state index contributed by atoms with van der Waals surface area (Å²) in [7, 11) is 1.67. The molecule has 1 aromatic carbocycles. The van der Waals surface area contributed by atoms with Crippen molar-refractivity contribution in [2.45, 2.75) is 44.1 Å². The Kier molecular flexibility index (Phi) is 6.20. The molecule has 0 radical (unpaired) electrons. The fourth-order valence-electron chi connectivity index (χ4n) is 5.51. The van der Waals surface area contributed by atoms with Crippen molar-refractivity contribution in [1.29, 1.82) is 0 Å². The lowest BCUT2D eigenvalue weighted by Crippen LogP contribution is -2.38. The van der Waals surface area contributed by atoms with Gasteiger partial charge in [-0.25, -0.2) is 9.69 Å². The van der Waals surface area contributed by atoms with E-state index in [-0.39, 0.29) is 6.09 Å². The molecule has 190 valence electrons. The predicted molar refractivity (Wildman–Crippen MR) is 140 cm³/mol. The number of amides is 1. The molecule has 0 unspecified atom stereocenters. The highest BCUT2D eigenvalue weighted by molar-refractivity contribution is 5.91. The van der Waals surface area contributed by atoms with Crippen molar-refractivity contribution in [3.63, 3.8) is 0 Å². The van der Waals surface area contributed by atoms with E-state index in [0.29, 0.717) is 24.1 Å². The number of pyridine rings is 1. The molecule has 0 N–H and O–H groups in total. The van der Waals surface area contributed by atoms with Crippen LogP contribution in [0.1, 0.15) is 44.1 Å². The third-order valence-corrected chi connectivity index (χ3v) is 7.60. The molecule has 1 saturated carbocycles. The maximum absolute atomic E-state index is 12.9. The molecule has 4 aliphatic rings. The Morgan fingerprint density at radius 2 is 2.08 bits per heavy atom. The van der Waals surface area contributed by atoms with Gasteiger partial charge in [0.2, 0.25) is 5.88 Å². The van der Waals surface area contributed by atoms with Crippen LogP contribution in [-0.2, 0) is 14.2 Å². The van der Waals surface area contributed by atoms with E-state index in [1.807, 2.05) is 36.5 Å². The van der Waals surface area contributed by atoms with E-state index in [0.717, 1.165) is 66.3 Å². The highest BCUT2D eigenvalue weighted by atomic mass is 16.6. The summed E-state index contributed by atoms with van der Waals surface area (Å²) in [6.45, 7) is 0.471. The van der Waals surface area contributed by atoms with Crippen molar-refractivity contribution in [2.24, 2.45) is 5.92 Å². The summed E-state index contributed by atoms with van der Waals surface area (Å²) in [4.78, 5) is 18.9. The van der Waals surface area contributed by atoms with Gasteiger partial charge in [-0.05, 0) is 67.7 Å². The number of rotatable bonds is 5. The highest BCUT2D eigenvalue weighted by Gasteiger charge is 2.49. The van der Waals surface area contributed by atoms with Gasteiger partial charge in [0.1, 0.15) is 23.1 Å². The Morgan fingerprint density at radius 1 is 1.19 bits per heavy atom. The summed E-state index contributed by atoms with van der Waals surface area (Å²) >= 11 is 0. The molecule has 6 rings (SSSR count). The maximum Gasteiger partial charge on any atom is 0.417 e. The molecule has 7 heteroatoms. The van der Waals surface area contributed by atoms with Crippen LogP contribution in [0, 0.1) is 5.92 Å². The minimum absolute atomic E-state index is 0.375. The van der Waals surface area contributed by atoms with Gasteiger partial charge in [0.15, 0.2) is 12.0 Å². The van der Waals surface area contributed by atoms with E-state index in [9.17, 15) is 4.79 Å². The first-order chi connectivity index (χ1) is 18.1. The van der Waals surface area contributed by atoms with Crippen molar-refractivity contribution in [1.82, 2.24) is 9.88 Å². The van der Waals surface area contributed by atoms with Crippen LogP contribution in [0.2, 0.25) is 0 Å². The molecule has 2 aliphatic heterocycles. The Hall–Kier alpha value is -4.00. The van der Waals surface area contributed by atoms with Crippen LogP contribution in [0.4, 0.5) is 4.79 Å². The van der Waals surface area contributed by atoms with Crippen molar-refractivity contribution in [2.75, 3.05) is 13.7 Å². The van der Waals surface area contributed by atoms with Crippen LogP contribution < -0.4 is 4.74 Å². The summed E-state index contributed by atoms with van der Waals surface area (Å²) in [6, 6.07) is 8.02. The average molecular weight is 499 g/mol. The van der Waals surface area contributed by atoms with Crippen molar-refractivity contribution in [3.8, 4) is 5.75 Å². The molecule has 2 aliphatic carbocycles. The first-order valence-corrected chi connectivity index (χ1v) is 12.8. The molecular weight excluding hydrogens is 468 g/mol. The van der Waals surface area contributed by atoms with Gasteiger partial charge in [-0.3, -0.25) is 4.98 Å². The van der Waals surface area contributed by atoms with Gasteiger partial charge in [0.25, 0.3) is 0 Å². The molecular formula is C30H30N2O5. The molecule has 0 atom stereocenters. The summed E-state index contributed by atoms with van der Waals surface area (Å²) in [6.07, 6.45) is 20.5. The van der Waals surface area contributed by atoms with Crippen LogP contribution >= 0.6 is 0 Å². The van der Waals surface area contributed by atoms with Gasteiger partial charge in [0.05, 0.1) is 13.7 Å². The number of carbonyl (C=O) groups excluding carboxylic acids is 1. The molecule has 1 spiro atoms. The Labute approximate surface area is 216 Å². The first-order valence-electron chi connectivity index (χ1n) is 12.8. The third-order valence-electron chi connectivity index (χ3n) is 7.60. The number of carbonyl (C=O) groups is 1. The molecule has 2 aromatic rings. The number of allylic oxidation sites excluding steroid dienone is 5. The highest BCUT2D eigenvalue weighted by Crippen LogP contribution is 2.42. The smallest absolute Gasteiger partial charge is 0.417 e. The number of hydrogen-bond acceptors (Lipinski definition) is 6. The topological polar surface area (TPSA) is 70.1 Å². The Morgan fingerprint density at radius 3 is 2.89 bits per heavy atom. The van der Waals surface area contributed by atoms with Gasteiger partial charge >= 0.3 is 6.09 Å². The zero-order valence-electron chi connectivity index (χ0n) is 20.9. The van der Waals surface area contributed by atoms with Crippen LogP contribution in [0.15, 0.2) is 84.5 Å². The second kappa shape index (κ2) is 9.81. The quantitative estimate of drug-likeness (QED) is 0.463. The van der Waals surface area contributed by atoms with Crippen LogP contribution in [0.25, 0.3) is 17.0 Å². The molecule has 37 heavy (non-hydrogen) atoms. The van der Waals surface area contributed by atoms with E-state index < -0.39 is 5.60 Å². The molecule has 1 saturated heterocycles. The lowest BCUT2D eigenvalue weighted by Gasteiger charge is -2.34. The summed E-state index contributed by atoms with van der Waals surface area (Å²) in [5.74, 6) is 2.22. The van der Waals surface area contributed by atoms with E-state index in [1.54, 1.807) is 18.3 Å². The van der Waals surface area contributed by atoms with Crippen molar-refractivity contribution in [3.05, 3.63) is 90.1 Å². The van der Waals surface area contributed by atoms with E-state index >= 15 is 0 Å². The summed E-state index contributed by atoms with van der Waals surface area (Å²) in [5.41, 5.74) is 2.56. The number of hydrogen-bond donors (Lipinski definition) is 0. The van der Waals surface area contributed by atoms with Gasteiger partial charge in [-0.1, -0.05) is 42.5 Å². The Bertz CT molecular complexity index is 1360. The fourth-order valence-corrected chi connectivity index (χ4v) is 5.51. The lowest BCUT2D eigenvalue weighted by atomic mass is 9.78. The number of ether oxygens (including phenoxy) is 4. The molecule has 1 amide bonds. The minimum atomic E-state index is -0.490. The van der Waals surface area contributed by atoms with E-state index in [1.165, 1.54) is 6.26 Å². The minimum Gasteiger partial charge on any atom is -0.494 e. The van der Waals surface area contributed by atoms with Crippen molar-refractivity contribution < 1.29 is 23.7 Å². The number of nitrogens with zero attached hydrogens (tertiary/aromatic N) is 2. The monoisotopic (exact) mass is 498 g/mol. The molecule has 7 nitrogen and oxygen atoms in total. The molecule has 1 aromatic heterocycles.